The van der Waals surface area contributed by atoms with E-state index in [4.69, 9.17) is 4.74 Å². The highest BCUT2D eigenvalue weighted by atomic mass is 16.5. The minimum absolute atomic E-state index is 0.0735. The second-order valence-electron chi connectivity index (χ2n) is 6.67. The van der Waals surface area contributed by atoms with Crippen molar-refractivity contribution < 1.29 is 14.3 Å². The molecule has 0 spiro atoms. The van der Waals surface area contributed by atoms with Crippen molar-refractivity contribution in [2.24, 2.45) is 22.7 Å². The van der Waals surface area contributed by atoms with E-state index in [2.05, 4.69) is 13.8 Å². The highest BCUT2D eigenvalue weighted by Crippen LogP contribution is 2.59. The molecule has 3 heteroatoms. The smallest absolute Gasteiger partial charge is 0.334 e. The minimum atomic E-state index is -0.661. The van der Waals surface area contributed by atoms with E-state index in [9.17, 15) is 9.59 Å². The molecule has 0 aromatic rings. The topological polar surface area (TPSA) is 43.4 Å². The Kier molecular flexibility index (Phi) is 2.91. The maximum absolute atomic E-state index is 12.1. The van der Waals surface area contributed by atoms with Crippen LogP contribution in [0.5, 0.6) is 0 Å². The van der Waals surface area contributed by atoms with Crippen molar-refractivity contribution >= 4 is 11.8 Å². The lowest BCUT2D eigenvalue weighted by Gasteiger charge is -2.32. The summed E-state index contributed by atoms with van der Waals surface area (Å²) in [5, 5.41) is 0. The Bertz CT molecular complexity index is 433. The lowest BCUT2D eigenvalue weighted by molar-refractivity contribution is -0.140. The van der Waals surface area contributed by atoms with Crippen molar-refractivity contribution in [2.75, 3.05) is 7.11 Å². The highest BCUT2D eigenvalue weighted by molar-refractivity contribution is 6.00. The molecule has 2 rings (SSSR count). The Hall–Kier alpha value is -1.12. The van der Waals surface area contributed by atoms with Gasteiger partial charge in [0.15, 0.2) is 0 Å². The number of ether oxygens (including phenoxy) is 1. The second-order valence-corrected chi connectivity index (χ2v) is 6.67. The molecular weight excluding hydrogens is 228 g/mol. The summed E-state index contributed by atoms with van der Waals surface area (Å²) in [4.78, 5) is 24.0. The van der Waals surface area contributed by atoms with Gasteiger partial charge in [0.2, 0.25) is 0 Å². The average molecular weight is 250 g/mol. The van der Waals surface area contributed by atoms with Gasteiger partial charge in [-0.15, -0.1) is 0 Å². The summed E-state index contributed by atoms with van der Waals surface area (Å²) >= 11 is 0. The van der Waals surface area contributed by atoms with Gasteiger partial charge in [-0.2, -0.15) is 0 Å². The summed E-state index contributed by atoms with van der Waals surface area (Å²) in [7, 11) is 1.38. The van der Waals surface area contributed by atoms with Gasteiger partial charge in [-0.1, -0.05) is 19.9 Å². The van der Waals surface area contributed by atoms with Crippen LogP contribution in [0.1, 0.15) is 40.5 Å². The molecule has 0 amide bonds. The summed E-state index contributed by atoms with van der Waals surface area (Å²) in [5.41, 5.74) is 0.165. The number of methoxy groups -OCH3 is 1. The number of fused-ring (bicyclic) bond motifs is 1. The zero-order valence-corrected chi connectivity index (χ0v) is 11.9. The second kappa shape index (κ2) is 3.94. The zero-order valence-electron chi connectivity index (χ0n) is 11.9. The molecule has 0 bridgehead atoms. The molecule has 0 unspecified atom stereocenters. The van der Waals surface area contributed by atoms with Crippen molar-refractivity contribution in [1.29, 1.82) is 0 Å². The van der Waals surface area contributed by atoms with Gasteiger partial charge >= 0.3 is 5.97 Å². The third-order valence-electron chi connectivity index (χ3n) is 4.90. The molecule has 3 atom stereocenters. The van der Waals surface area contributed by atoms with E-state index in [0.29, 0.717) is 11.5 Å². The van der Waals surface area contributed by atoms with Crippen LogP contribution in [0.4, 0.5) is 0 Å². The monoisotopic (exact) mass is 250 g/mol. The fourth-order valence-electron chi connectivity index (χ4n) is 3.85. The zero-order chi connectivity index (χ0) is 13.7. The molecule has 2 aliphatic rings. The number of Topliss-reactive ketones (excluding diaryl/α,β-unsaturated/α-hetero) is 1. The molecule has 0 aromatic carbocycles. The number of esters is 1. The summed E-state index contributed by atoms with van der Waals surface area (Å²) in [5.74, 6) is 0.311. The molecule has 3 nitrogen and oxygen atoms in total. The molecule has 1 saturated carbocycles. The van der Waals surface area contributed by atoms with Gasteiger partial charge in [0, 0.05) is 5.57 Å². The maximum atomic E-state index is 12.1. The average Bonchev–Trinajstić information content (AvgIpc) is 2.71. The van der Waals surface area contributed by atoms with Gasteiger partial charge in [-0.3, -0.25) is 4.79 Å². The molecule has 0 radical (unpaired) electrons. The van der Waals surface area contributed by atoms with Gasteiger partial charge in [-0.05, 0) is 43.9 Å². The van der Waals surface area contributed by atoms with Gasteiger partial charge in [0.1, 0.15) is 5.78 Å². The number of rotatable bonds is 2. The van der Waals surface area contributed by atoms with Crippen molar-refractivity contribution in [3.05, 3.63) is 11.6 Å². The summed E-state index contributed by atoms with van der Waals surface area (Å²) in [6, 6.07) is 0. The van der Waals surface area contributed by atoms with Crippen LogP contribution in [-0.2, 0) is 14.3 Å². The lowest BCUT2D eigenvalue weighted by atomic mass is 9.69. The Morgan fingerprint density at radius 3 is 2.39 bits per heavy atom. The Labute approximate surface area is 109 Å². The molecular formula is C15H22O3. The number of ketones is 1. The van der Waals surface area contributed by atoms with Crippen molar-refractivity contribution in [3.8, 4) is 0 Å². The first-order valence-corrected chi connectivity index (χ1v) is 6.54. The summed E-state index contributed by atoms with van der Waals surface area (Å²) in [6.45, 7) is 7.96. The molecule has 0 heterocycles. The predicted octanol–water partition coefficient (Wildman–Crippen LogP) is 2.75. The Morgan fingerprint density at radius 2 is 1.89 bits per heavy atom. The van der Waals surface area contributed by atoms with Crippen molar-refractivity contribution in [1.82, 2.24) is 0 Å². The Morgan fingerprint density at radius 1 is 1.28 bits per heavy atom. The van der Waals surface area contributed by atoms with E-state index in [1.54, 1.807) is 6.92 Å². The van der Waals surface area contributed by atoms with E-state index in [1.807, 2.05) is 13.0 Å². The fraction of sp³-hybridized carbons (Fsp3) is 0.733. The normalized spacial score (nSPS) is 37.1. The van der Waals surface area contributed by atoms with Crippen LogP contribution in [0.15, 0.2) is 11.6 Å². The predicted molar refractivity (Wildman–Crippen MR) is 68.9 cm³/mol. The van der Waals surface area contributed by atoms with Gasteiger partial charge in [0.05, 0.1) is 12.5 Å². The van der Waals surface area contributed by atoms with E-state index < -0.39 is 5.41 Å². The molecule has 0 saturated heterocycles. The SMILES string of the molecule is COC(=O)C1=C[C@H]2CC(C)(C)C[C@H]2[C@]1(C)C(C)=O. The number of carbonyl (C=O) groups excluding carboxylic acids is 2. The maximum Gasteiger partial charge on any atom is 0.334 e. The standard InChI is InChI=1S/C15H22O3/c1-9(16)15(4)11(13(17)18-5)6-10-7-14(2,3)8-12(10)15/h6,10,12H,7-8H2,1-5H3/t10-,12+,15+/m0/s1. The molecule has 18 heavy (non-hydrogen) atoms. The van der Waals surface area contributed by atoms with Crippen LogP contribution >= 0.6 is 0 Å². The molecule has 100 valence electrons. The Balaban J connectivity index is 2.44. The van der Waals surface area contributed by atoms with E-state index in [-0.39, 0.29) is 23.1 Å². The first-order chi connectivity index (χ1) is 8.22. The third-order valence-corrected chi connectivity index (χ3v) is 4.90. The van der Waals surface area contributed by atoms with Crippen LogP contribution in [0.3, 0.4) is 0 Å². The quantitative estimate of drug-likeness (QED) is 0.708. The molecule has 0 N–H and O–H groups in total. The first kappa shape index (κ1) is 13.3. The van der Waals surface area contributed by atoms with E-state index >= 15 is 0 Å². The van der Waals surface area contributed by atoms with Gasteiger partial charge < -0.3 is 4.74 Å². The molecule has 1 fully saturated rings. The highest BCUT2D eigenvalue weighted by Gasteiger charge is 2.57. The number of allylic oxidation sites excluding steroid dienone is 1. The summed E-state index contributed by atoms with van der Waals surface area (Å²) < 4.78 is 4.84. The van der Waals surface area contributed by atoms with Crippen LogP contribution in [0, 0.1) is 22.7 Å². The third kappa shape index (κ3) is 1.72. The van der Waals surface area contributed by atoms with Crippen LogP contribution in [-0.4, -0.2) is 18.9 Å². The van der Waals surface area contributed by atoms with Crippen molar-refractivity contribution in [2.45, 2.75) is 40.5 Å². The fourth-order valence-corrected chi connectivity index (χ4v) is 3.85. The van der Waals surface area contributed by atoms with Crippen LogP contribution < -0.4 is 0 Å². The largest absolute Gasteiger partial charge is 0.466 e. The van der Waals surface area contributed by atoms with Gasteiger partial charge in [-0.25, -0.2) is 4.79 Å². The van der Waals surface area contributed by atoms with Crippen molar-refractivity contribution in [3.63, 3.8) is 0 Å². The number of hydrogen-bond donors (Lipinski definition) is 0. The van der Waals surface area contributed by atoms with Crippen LogP contribution in [0.25, 0.3) is 0 Å². The first-order valence-electron chi connectivity index (χ1n) is 6.54. The van der Waals surface area contributed by atoms with Gasteiger partial charge in [0.25, 0.3) is 0 Å². The summed E-state index contributed by atoms with van der Waals surface area (Å²) in [6.07, 6.45) is 4.03. The molecule has 2 aliphatic carbocycles. The number of hydrogen-bond acceptors (Lipinski definition) is 3. The lowest BCUT2D eigenvalue weighted by Crippen LogP contribution is -2.36. The molecule has 0 aromatic heterocycles. The number of carbonyl (C=O) groups is 2. The van der Waals surface area contributed by atoms with Crippen LogP contribution in [0.2, 0.25) is 0 Å². The minimum Gasteiger partial charge on any atom is -0.466 e. The molecule has 0 aliphatic heterocycles. The van der Waals surface area contributed by atoms with E-state index in [0.717, 1.165) is 12.8 Å². The van der Waals surface area contributed by atoms with E-state index in [1.165, 1.54) is 7.11 Å².